The largest absolute Gasteiger partial charge is 0.497 e. The molecule has 2 heterocycles. The molecule has 5 nitrogen and oxygen atoms in total. The first kappa shape index (κ1) is 20.5. The number of anilines is 2. The molecule has 6 heteroatoms. The Bertz CT molecular complexity index is 1310. The number of hydrogen-bond acceptors (Lipinski definition) is 5. The molecule has 1 aliphatic carbocycles. The highest BCUT2D eigenvalue weighted by Gasteiger charge is 2.25. The third kappa shape index (κ3) is 3.60. The number of rotatable bonds is 4. The van der Waals surface area contributed by atoms with Crippen LogP contribution in [-0.4, -0.2) is 18.0 Å². The van der Waals surface area contributed by atoms with E-state index in [1.165, 1.54) is 22.5 Å². The first-order chi connectivity index (χ1) is 15.5. The SMILES string of the molecule is COc1ccc(NC(=O)c2sc3nc4c(c(-c5ccc(C)cc5)c3c2N)CCCC4)cc1. The van der Waals surface area contributed by atoms with Crippen LogP contribution < -0.4 is 15.8 Å². The van der Waals surface area contributed by atoms with Gasteiger partial charge in [-0.3, -0.25) is 4.79 Å². The first-order valence-corrected chi connectivity index (χ1v) is 11.6. The van der Waals surface area contributed by atoms with E-state index in [2.05, 4.69) is 36.5 Å². The topological polar surface area (TPSA) is 77.2 Å². The lowest BCUT2D eigenvalue weighted by atomic mass is 9.87. The first-order valence-electron chi connectivity index (χ1n) is 10.8. The number of nitrogens with two attached hydrogens (primary N) is 1. The molecule has 162 valence electrons. The van der Waals surface area contributed by atoms with Crippen LogP contribution in [-0.2, 0) is 12.8 Å². The second-order valence-electron chi connectivity index (χ2n) is 8.19. The van der Waals surface area contributed by atoms with Gasteiger partial charge in [0, 0.05) is 16.8 Å². The minimum atomic E-state index is -0.219. The van der Waals surface area contributed by atoms with Gasteiger partial charge in [-0.05, 0) is 73.6 Å². The maximum absolute atomic E-state index is 13.1. The van der Waals surface area contributed by atoms with Crippen molar-refractivity contribution in [3.05, 3.63) is 70.2 Å². The predicted octanol–water partition coefficient (Wildman–Crippen LogP) is 5.99. The molecular weight excluding hydrogens is 418 g/mol. The van der Waals surface area contributed by atoms with Crippen molar-refractivity contribution in [2.45, 2.75) is 32.6 Å². The Morgan fingerprint density at radius 3 is 2.50 bits per heavy atom. The van der Waals surface area contributed by atoms with E-state index < -0.39 is 0 Å². The fourth-order valence-electron chi connectivity index (χ4n) is 4.38. The number of nitrogen functional groups attached to an aromatic ring is 1. The van der Waals surface area contributed by atoms with Gasteiger partial charge < -0.3 is 15.8 Å². The molecular formula is C26H25N3O2S. The monoisotopic (exact) mass is 443 g/mol. The summed E-state index contributed by atoms with van der Waals surface area (Å²) in [4.78, 5) is 19.4. The average Bonchev–Trinajstić information content (AvgIpc) is 3.15. The van der Waals surface area contributed by atoms with E-state index in [0.717, 1.165) is 58.5 Å². The number of hydrogen-bond donors (Lipinski definition) is 2. The molecule has 2 aromatic heterocycles. The summed E-state index contributed by atoms with van der Waals surface area (Å²) >= 11 is 1.37. The fraction of sp³-hybridized carbons (Fsp3) is 0.231. The van der Waals surface area contributed by atoms with Crippen molar-refractivity contribution in [1.82, 2.24) is 4.98 Å². The molecule has 2 aromatic carbocycles. The molecule has 0 saturated carbocycles. The maximum atomic E-state index is 13.1. The number of nitrogens with zero attached hydrogens (tertiary/aromatic N) is 1. The van der Waals surface area contributed by atoms with Crippen LogP contribution in [0.5, 0.6) is 5.75 Å². The van der Waals surface area contributed by atoms with E-state index in [9.17, 15) is 4.79 Å². The lowest BCUT2D eigenvalue weighted by Gasteiger charge is -2.20. The molecule has 1 aliphatic rings. The van der Waals surface area contributed by atoms with Gasteiger partial charge in [0.25, 0.3) is 5.91 Å². The van der Waals surface area contributed by atoms with Gasteiger partial charge in [-0.25, -0.2) is 4.98 Å². The van der Waals surface area contributed by atoms with Crippen molar-refractivity contribution in [1.29, 1.82) is 0 Å². The molecule has 0 radical (unpaired) electrons. The Hall–Kier alpha value is -3.38. The van der Waals surface area contributed by atoms with E-state index in [0.29, 0.717) is 16.3 Å². The van der Waals surface area contributed by atoms with Crippen LogP contribution in [0, 0.1) is 6.92 Å². The molecule has 0 saturated heterocycles. The summed E-state index contributed by atoms with van der Waals surface area (Å²) in [5, 5.41) is 3.86. The molecule has 4 aromatic rings. The molecule has 0 fully saturated rings. The van der Waals surface area contributed by atoms with E-state index in [4.69, 9.17) is 15.5 Å². The van der Waals surface area contributed by atoms with Crippen LogP contribution in [0.3, 0.4) is 0 Å². The van der Waals surface area contributed by atoms with Gasteiger partial charge in [0.1, 0.15) is 15.5 Å². The summed E-state index contributed by atoms with van der Waals surface area (Å²) in [6.07, 6.45) is 4.25. The Balaban J connectivity index is 1.62. The van der Waals surface area contributed by atoms with Crippen molar-refractivity contribution >= 4 is 38.8 Å². The highest BCUT2D eigenvalue weighted by Crippen LogP contribution is 2.44. The van der Waals surface area contributed by atoms with Crippen molar-refractivity contribution in [3.8, 4) is 16.9 Å². The lowest BCUT2D eigenvalue weighted by Crippen LogP contribution is -2.12. The van der Waals surface area contributed by atoms with Crippen LogP contribution in [0.15, 0.2) is 48.5 Å². The molecule has 1 amide bonds. The second kappa shape index (κ2) is 8.28. The van der Waals surface area contributed by atoms with Gasteiger partial charge in [0.2, 0.25) is 0 Å². The van der Waals surface area contributed by atoms with Crippen LogP contribution in [0.25, 0.3) is 21.3 Å². The summed E-state index contributed by atoms with van der Waals surface area (Å²) in [5.41, 5.74) is 13.7. The predicted molar refractivity (Wildman–Crippen MR) is 132 cm³/mol. The summed E-state index contributed by atoms with van der Waals surface area (Å²) in [6.45, 7) is 2.09. The van der Waals surface area contributed by atoms with Gasteiger partial charge in [0.05, 0.1) is 12.8 Å². The quantitative estimate of drug-likeness (QED) is 0.406. The van der Waals surface area contributed by atoms with Gasteiger partial charge >= 0.3 is 0 Å². The smallest absolute Gasteiger partial charge is 0.267 e. The molecule has 5 rings (SSSR count). The molecule has 32 heavy (non-hydrogen) atoms. The van der Waals surface area contributed by atoms with Gasteiger partial charge in [-0.1, -0.05) is 29.8 Å². The maximum Gasteiger partial charge on any atom is 0.267 e. The van der Waals surface area contributed by atoms with E-state index in [1.54, 1.807) is 7.11 Å². The number of methoxy groups -OCH3 is 1. The van der Waals surface area contributed by atoms with Crippen molar-refractivity contribution in [2.75, 3.05) is 18.2 Å². The van der Waals surface area contributed by atoms with Crippen LogP contribution in [0.2, 0.25) is 0 Å². The van der Waals surface area contributed by atoms with Crippen LogP contribution in [0.1, 0.15) is 39.3 Å². The van der Waals surface area contributed by atoms with Gasteiger partial charge in [0.15, 0.2) is 0 Å². The summed E-state index contributed by atoms with van der Waals surface area (Å²) in [7, 11) is 1.61. The standard InChI is InChI=1S/C26H25N3O2S/c1-15-7-9-16(10-8-15)21-19-5-3-4-6-20(19)29-26-22(21)23(27)24(32-26)25(30)28-17-11-13-18(31-2)14-12-17/h7-14H,3-6,27H2,1-2H3,(H,28,30). The highest BCUT2D eigenvalue weighted by atomic mass is 32.1. The second-order valence-corrected chi connectivity index (χ2v) is 9.19. The number of pyridine rings is 1. The highest BCUT2D eigenvalue weighted by molar-refractivity contribution is 7.21. The van der Waals surface area contributed by atoms with Crippen LogP contribution in [0.4, 0.5) is 11.4 Å². The number of nitrogens with one attached hydrogen (secondary N) is 1. The van der Waals surface area contributed by atoms with Crippen LogP contribution >= 0.6 is 11.3 Å². The number of amides is 1. The van der Waals surface area contributed by atoms with E-state index in [-0.39, 0.29) is 5.91 Å². The summed E-state index contributed by atoms with van der Waals surface area (Å²) in [6, 6.07) is 15.8. The molecule has 0 spiro atoms. The van der Waals surface area contributed by atoms with E-state index >= 15 is 0 Å². The fourth-order valence-corrected chi connectivity index (χ4v) is 5.40. The number of carbonyl (C=O) groups excluding carboxylic acids is 1. The molecule has 0 aliphatic heterocycles. The number of aryl methyl sites for hydroxylation is 2. The third-order valence-corrected chi connectivity index (χ3v) is 7.15. The van der Waals surface area contributed by atoms with Crippen molar-refractivity contribution in [3.63, 3.8) is 0 Å². The number of benzene rings is 2. The summed E-state index contributed by atoms with van der Waals surface area (Å²) in [5.74, 6) is 0.519. The Labute approximate surface area is 191 Å². The molecule has 0 unspecified atom stereocenters. The molecule has 0 bridgehead atoms. The average molecular weight is 444 g/mol. The summed E-state index contributed by atoms with van der Waals surface area (Å²) < 4.78 is 5.19. The third-order valence-electron chi connectivity index (χ3n) is 6.05. The van der Waals surface area contributed by atoms with Crippen molar-refractivity contribution in [2.24, 2.45) is 0 Å². The number of carbonyl (C=O) groups is 1. The Morgan fingerprint density at radius 1 is 1.06 bits per heavy atom. The number of ether oxygens (including phenoxy) is 1. The number of aromatic nitrogens is 1. The number of fused-ring (bicyclic) bond motifs is 2. The van der Waals surface area contributed by atoms with E-state index in [1.807, 2.05) is 24.3 Å². The normalized spacial score (nSPS) is 13.1. The molecule has 3 N–H and O–H groups in total. The van der Waals surface area contributed by atoms with Gasteiger partial charge in [-0.2, -0.15) is 0 Å². The van der Waals surface area contributed by atoms with Gasteiger partial charge in [-0.15, -0.1) is 11.3 Å². The zero-order valence-corrected chi connectivity index (χ0v) is 19.0. The molecule has 0 atom stereocenters. The zero-order chi connectivity index (χ0) is 22.2. The zero-order valence-electron chi connectivity index (χ0n) is 18.2. The minimum absolute atomic E-state index is 0.219. The lowest BCUT2D eigenvalue weighted by molar-refractivity contribution is 0.103. The number of thiophene rings is 1. The van der Waals surface area contributed by atoms with Crippen molar-refractivity contribution < 1.29 is 9.53 Å². The Kier molecular flexibility index (Phi) is 5.31. The minimum Gasteiger partial charge on any atom is -0.497 e. The Morgan fingerprint density at radius 2 is 1.78 bits per heavy atom.